The van der Waals surface area contributed by atoms with Crippen LogP contribution in [0.25, 0.3) is 0 Å². The van der Waals surface area contributed by atoms with Gasteiger partial charge in [0.2, 0.25) is 5.91 Å². The molecule has 6 nitrogen and oxygen atoms in total. The number of hydrogen-bond donors (Lipinski definition) is 1. The van der Waals surface area contributed by atoms with Gasteiger partial charge in [-0.1, -0.05) is 6.92 Å². The molecule has 6 heteroatoms. The summed E-state index contributed by atoms with van der Waals surface area (Å²) in [6.45, 7) is 7.59. The lowest BCUT2D eigenvalue weighted by atomic mass is 10.0. The molecule has 108 valence electrons. The third-order valence-corrected chi connectivity index (χ3v) is 3.01. The molecular formula is C13H22N2O4. The topological polar surface area (TPSA) is 75.7 Å². The van der Waals surface area contributed by atoms with E-state index in [0.717, 1.165) is 12.7 Å². The first-order valence-electron chi connectivity index (χ1n) is 6.46. The maximum absolute atomic E-state index is 11.9. The number of nitrogens with one attached hydrogen (secondary N) is 1. The third kappa shape index (κ3) is 4.54. The summed E-state index contributed by atoms with van der Waals surface area (Å²) in [4.78, 5) is 35.8. The SMILES string of the molecule is CC1CCN(C(=O)CNC(=O)OC(C)(C)C)C1C=O. The standard InChI is InChI=1S/C13H22N2O4/c1-9-5-6-15(10(9)8-16)11(17)7-14-12(18)19-13(2,3)4/h8-10H,5-7H2,1-4H3,(H,14,18). The van der Waals surface area contributed by atoms with Gasteiger partial charge in [-0.05, 0) is 33.1 Å². The zero-order valence-electron chi connectivity index (χ0n) is 11.9. The summed E-state index contributed by atoms with van der Waals surface area (Å²) in [6.07, 6.45) is 0.973. The van der Waals surface area contributed by atoms with Crippen molar-refractivity contribution in [3.8, 4) is 0 Å². The van der Waals surface area contributed by atoms with Crippen molar-refractivity contribution >= 4 is 18.3 Å². The molecule has 0 aromatic carbocycles. The zero-order valence-corrected chi connectivity index (χ0v) is 11.9. The summed E-state index contributed by atoms with van der Waals surface area (Å²) < 4.78 is 5.03. The second-order valence-corrected chi connectivity index (χ2v) is 5.84. The van der Waals surface area contributed by atoms with Crippen LogP contribution in [-0.2, 0) is 14.3 Å². The lowest BCUT2D eigenvalue weighted by molar-refractivity contribution is -0.134. The quantitative estimate of drug-likeness (QED) is 0.775. The average Bonchev–Trinajstić information content (AvgIpc) is 2.65. The Hall–Kier alpha value is -1.59. The maximum Gasteiger partial charge on any atom is 0.408 e. The Morgan fingerprint density at radius 2 is 2.05 bits per heavy atom. The van der Waals surface area contributed by atoms with Crippen LogP contribution in [0.4, 0.5) is 4.79 Å². The minimum absolute atomic E-state index is 0.147. The zero-order chi connectivity index (χ0) is 14.6. The van der Waals surface area contributed by atoms with E-state index in [-0.39, 0.29) is 24.4 Å². The summed E-state index contributed by atoms with van der Waals surface area (Å²) in [6, 6.07) is -0.382. The minimum atomic E-state index is -0.629. The van der Waals surface area contributed by atoms with E-state index in [0.29, 0.717) is 6.54 Å². The maximum atomic E-state index is 11.9. The highest BCUT2D eigenvalue weighted by molar-refractivity contribution is 5.85. The van der Waals surface area contributed by atoms with E-state index in [4.69, 9.17) is 4.74 Å². The van der Waals surface area contributed by atoms with Crippen molar-refractivity contribution in [1.29, 1.82) is 0 Å². The molecule has 1 aliphatic rings. The second-order valence-electron chi connectivity index (χ2n) is 5.84. The van der Waals surface area contributed by atoms with Gasteiger partial charge in [0.1, 0.15) is 18.4 Å². The number of rotatable bonds is 3. The summed E-state index contributed by atoms with van der Waals surface area (Å²) in [5.74, 6) is -0.0877. The highest BCUT2D eigenvalue weighted by atomic mass is 16.6. The van der Waals surface area contributed by atoms with E-state index < -0.39 is 11.7 Å². The van der Waals surface area contributed by atoms with Crippen molar-refractivity contribution in [2.75, 3.05) is 13.1 Å². The first kappa shape index (κ1) is 15.5. The Balaban J connectivity index is 2.44. The van der Waals surface area contributed by atoms with Gasteiger partial charge in [-0.15, -0.1) is 0 Å². The summed E-state index contributed by atoms with van der Waals surface area (Å²) >= 11 is 0. The fraction of sp³-hybridized carbons (Fsp3) is 0.769. The van der Waals surface area contributed by atoms with Gasteiger partial charge in [0.15, 0.2) is 0 Å². The minimum Gasteiger partial charge on any atom is -0.444 e. The molecule has 2 unspecified atom stereocenters. The lowest BCUT2D eigenvalue weighted by Crippen LogP contribution is -2.45. The van der Waals surface area contributed by atoms with Crippen LogP contribution in [0.3, 0.4) is 0 Å². The smallest absolute Gasteiger partial charge is 0.408 e. The average molecular weight is 270 g/mol. The molecule has 0 aliphatic carbocycles. The van der Waals surface area contributed by atoms with Crippen LogP contribution in [0.15, 0.2) is 0 Å². The molecule has 0 aromatic rings. The summed E-state index contributed by atoms with van der Waals surface area (Å²) in [5, 5.41) is 2.41. The number of ether oxygens (including phenoxy) is 1. The highest BCUT2D eigenvalue weighted by Crippen LogP contribution is 2.22. The summed E-state index contributed by atoms with van der Waals surface area (Å²) in [7, 11) is 0. The molecule has 0 aromatic heterocycles. The van der Waals surface area contributed by atoms with Gasteiger partial charge in [-0.3, -0.25) is 4.79 Å². The number of aldehydes is 1. The van der Waals surface area contributed by atoms with E-state index in [1.165, 1.54) is 4.90 Å². The highest BCUT2D eigenvalue weighted by Gasteiger charge is 2.34. The molecule has 1 rings (SSSR count). The molecule has 19 heavy (non-hydrogen) atoms. The fourth-order valence-electron chi connectivity index (χ4n) is 2.03. The van der Waals surface area contributed by atoms with Gasteiger partial charge in [0, 0.05) is 6.54 Å². The van der Waals surface area contributed by atoms with Crippen LogP contribution in [0.2, 0.25) is 0 Å². The van der Waals surface area contributed by atoms with Gasteiger partial charge < -0.3 is 19.7 Å². The van der Waals surface area contributed by atoms with Crippen molar-refractivity contribution in [2.45, 2.75) is 45.8 Å². The van der Waals surface area contributed by atoms with Crippen molar-refractivity contribution in [3.05, 3.63) is 0 Å². The van der Waals surface area contributed by atoms with Gasteiger partial charge in [-0.25, -0.2) is 4.79 Å². The molecule has 0 bridgehead atoms. The van der Waals surface area contributed by atoms with Crippen LogP contribution in [-0.4, -0.2) is 47.9 Å². The molecule has 1 N–H and O–H groups in total. The first-order chi connectivity index (χ1) is 8.74. The predicted molar refractivity (Wildman–Crippen MR) is 69.6 cm³/mol. The van der Waals surface area contributed by atoms with E-state index in [9.17, 15) is 14.4 Å². The van der Waals surface area contributed by atoms with E-state index >= 15 is 0 Å². The monoisotopic (exact) mass is 270 g/mol. The van der Waals surface area contributed by atoms with Gasteiger partial charge >= 0.3 is 6.09 Å². The molecule has 2 amide bonds. The van der Waals surface area contributed by atoms with Crippen LogP contribution >= 0.6 is 0 Å². The molecule has 0 saturated carbocycles. The fourth-order valence-corrected chi connectivity index (χ4v) is 2.03. The van der Waals surface area contributed by atoms with Crippen molar-refractivity contribution in [1.82, 2.24) is 10.2 Å². The second kappa shape index (κ2) is 6.04. The molecule has 0 spiro atoms. The third-order valence-electron chi connectivity index (χ3n) is 3.01. The first-order valence-corrected chi connectivity index (χ1v) is 6.46. The Labute approximate surface area is 113 Å². The molecule has 1 aliphatic heterocycles. The summed E-state index contributed by atoms with van der Waals surface area (Å²) in [5.41, 5.74) is -0.597. The number of amides is 2. The molecular weight excluding hydrogens is 248 g/mol. The number of carbonyl (C=O) groups excluding carboxylic acids is 3. The lowest BCUT2D eigenvalue weighted by Gasteiger charge is -2.23. The van der Waals surface area contributed by atoms with Crippen LogP contribution in [0.1, 0.15) is 34.1 Å². The molecule has 0 radical (unpaired) electrons. The van der Waals surface area contributed by atoms with Crippen LogP contribution < -0.4 is 5.32 Å². The number of hydrogen-bond acceptors (Lipinski definition) is 4. The van der Waals surface area contributed by atoms with E-state index in [1.807, 2.05) is 6.92 Å². The van der Waals surface area contributed by atoms with E-state index in [1.54, 1.807) is 20.8 Å². The normalized spacial score (nSPS) is 23.1. The Kier molecular flexibility index (Phi) is 4.91. The molecule has 1 saturated heterocycles. The molecule has 2 atom stereocenters. The Morgan fingerprint density at radius 1 is 1.42 bits per heavy atom. The molecule has 1 fully saturated rings. The number of likely N-dealkylation sites (tertiary alicyclic amines) is 1. The van der Waals surface area contributed by atoms with Crippen molar-refractivity contribution < 1.29 is 19.1 Å². The molecule has 1 heterocycles. The van der Waals surface area contributed by atoms with Crippen LogP contribution in [0.5, 0.6) is 0 Å². The Bertz CT molecular complexity index is 362. The Morgan fingerprint density at radius 3 is 2.58 bits per heavy atom. The van der Waals surface area contributed by atoms with Crippen molar-refractivity contribution in [2.24, 2.45) is 5.92 Å². The van der Waals surface area contributed by atoms with Gasteiger partial charge in [0.05, 0.1) is 6.04 Å². The van der Waals surface area contributed by atoms with Crippen LogP contribution in [0, 0.1) is 5.92 Å². The largest absolute Gasteiger partial charge is 0.444 e. The van der Waals surface area contributed by atoms with Crippen molar-refractivity contribution in [3.63, 3.8) is 0 Å². The predicted octanol–water partition coefficient (Wildman–Crippen LogP) is 0.947. The van der Waals surface area contributed by atoms with E-state index in [2.05, 4.69) is 5.32 Å². The van der Waals surface area contributed by atoms with Gasteiger partial charge in [-0.2, -0.15) is 0 Å². The van der Waals surface area contributed by atoms with Gasteiger partial charge in [0.25, 0.3) is 0 Å². The number of alkyl carbamates (subject to hydrolysis) is 1. The number of nitrogens with zero attached hydrogens (tertiary/aromatic N) is 1. The number of carbonyl (C=O) groups is 3.